The number of amides is 3. The highest BCUT2D eigenvalue weighted by molar-refractivity contribution is 5.97. The number of benzene rings is 1. The fourth-order valence-electron chi connectivity index (χ4n) is 2.28. The molecule has 0 aliphatic rings. The lowest BCUT2D eigenvalue weighted by Crippen LogP contribution is -2.38. The molecule has 2 N–H and O–H groups in total. The van der Waals surface area contributed by atoms with Crippen LogP contribution in [0.1, 0.15) is 24.2 Å². The second-order valence-corrected chi connectivity index (χ2v) is 6.37. The van der Waals surface area contributed by atoms with Gasteiger partial charge in [0.2, 0.25) is 0 Å². The number of imidazole rings is 1. The summed E-state index contributed by atoms with van der Waals surface area (Å²) in [6.45, 7) is 5.88. The molecule has 7 heteroatoms. The summed E-state index contributed by atoms with van der Waals surface area (Å²) in [5.41, 5.74) is 2.32. The van der Waals surface area contributed by atoms with Crippen LogP contribution in [0.2, 0.25) is 0 Å². The van der Waals surface area contributed by atoms with E-state index in [1.165, 1.54) is 4.90 Å². The molecule has 0 aliphatic heterocycles. The average Bonchev–Trinajstić information content (AvgIpc) is 2.94. The topological polar surface area (TPSA) is 79.3 Å². The molecule has 2 aromatic rings. The van der Waals surface area contributed by atoms with Gasteiger partial charge in [-0.25, -0.2) is 9.78 Å². The van der Waals surface area contributed by atoms with Gasteiger partial charge in [0.05, 0.1) is 17.4 Å². The highest BCUT2D eigenvalue weighted by Crippen LogP contribution is 2.15. The van der Waals surface area contributed by atoms with Gasteiger partial charge in [0, 0.05) is 39.3 Å². The molecular formula is C17H25N5O2. The van der Waals surface area contributed by atoms with Gasteiger partial charge in [-0.3, -0.25) is 4.79 Å². The monoisotopic (exact) mass is 331 g/mol. The van der Waals surface area contributed by atoms with Gasteiger partial charge in [0.15, 0.2) is 0 Å². The second kappa shape index (κ2) is 7.81. The normalized spacial score (nSPS) is 10.9. The first-order valence-corrected chi connectivity index (χ1v) is 8.06. The number of aromatic nitrogens is 2. The Kier molecular flexibility index (Phi) is 5.78. The molecule has 0 spiro atoms. The lowest BCUT2D eigenvalue weighted by Gasteiger charge is -2.11. The fourth-order valence-corrected chi connectivity index (χ4v) is 2.28. The summed E-state index contributed by atoms with van der Waals surface area (Å²) in [4.78, 5) is 29.5. The van der Waals surface area contributed by atoms with Crippen LogP contribution in [0, 0.1) is 5.92 Å². The first-order valence-electron chi connectivity index (χ1n) is 8.06. The van der Waals surface area contributed by atoms with E-state index in [2.05, 4.69) is 15.6 Å². The Bertz CT molecular complexity index is 721. The molecule has 0 atom stereocenters. The minimum atomic E-state index is -0.160. The third-order valence-electron chi connectivity index (χ3n) is 3.58. The Balaban J connectivity index is 1.96. The maximum atomic E-state index is 12.0. The predicted octanol–water partition coefficient (Wildman–Crippen LogP) is 1.69. The Morgan fingerprint density at radius 3 is 2.67 bits per heavy atom. The minimum absolute atomic E-state index is 0.0464. The number of fused-ring (bicyclic) bond motifs is 1. The summed E-state index contributed by atoms with van der Waals surface area (Å²) in [6, 6.07) is 5.31. The Hall–Kier alpha value is -2.57. The highest BCUT2D eigenvalue weighted by atomic mass is 16.2. The van der Waals surface area contributed by atoms with Crippen LogP contribution >= 0.6 is 0 Å². The van der Waals surface area contributed by atoms with Gasteiger partial charge in [-0.05, 0) is 24.1 Å². The quantitative estimate of drug-likeness (QED) is 0.845. The number of nitrogens with one attached hydrogen (secondary N) is 2. The van der Waals surface area contributed by atoms with E-state index in [0.717, 1.165) is 11.0 Å². The molecule has 0 radical (unpaired) electrons. The van der Waals surface area contributed by atoms with Gasteiger partial charge >= 0.3 is 6.03 Å². The summed E-state index contributed by atoms with van der Waals surface area (Å²) in [5.74, 6) is 0.377. The van der Waals surface area contributed by atoms with Gasteiger partial charge in [-0.1, -0.05) is 13.8 Å². The highest BCUT2D eigenvalue weighted by Gasteiger charge is 2.11. The standard InChI is InChI=1S/C17H25N5O2/c1-12(2)10-19-17(24)18-7-8-22-11-20-14-9-13(5-6-15(14)22)16(23)21(3)4/h5-6,9,11-12H,7-8,10H2,1-4H3,(H2,18,19,24). The molecule has 0 saturated heterocycles. The van der Waals surface area contributed by atoms with E-state index < -0.39 is 0 Å². The molecule has 0 bridgehead atoms. The second-order valence-electron chi connectivity index (χ2n) is 6.37. The predicted molar refractivity (Wildman–Crippen MR) is 94.0 cm³/mol. The Morgan fingerprint density at radius 2 is 2.00 bits per heavy atom. The SMILES string of the molecule is CC(C)CNC(=O)NCCn1cnc2cc(C(=O)N(C)C)ccc21. The van der Waals surface area contributed by atoms with Crippen molar-refractivity contribution in [1.82, 2.24) is 25.1 Å². The van der Waals surface area contributed by atoms with Crippen LogP contribution in [0.25, 0.3) is 11.0 Å². The summed E-state index contributed by atoms with van der Waals surface area (Å²) in [5, 5.41) is 5.64. The van der Waals surface area contributed by atoms with Gasteiger partial charge in [0.25, 0.3) is 5.91 Å². The summed E-state index contributed by atoms with van der Waals surface area (Å²) in [6.07, 6.45) is 1.72. The van der Waals surface area contributed by atoms with Crippen molar-refractivity contribution in [2.45, 2.75) is 20.4 Å². The third-order valence-corrected chi connectivity index (χ3v) is 3.58. The molecule has 7 nitrogen and oxygen atoms in total. The molecule has 3 amide bonds. The molecule has 0 fully saturated rings. The van der Waals surface area contributed by atoms with Gasteiger partial charge in [-0.15, -0.1) is 0 Å². The minimum Gasteiger partial charge on any atom is -0.345 e. The summed E-state index contributed by atoms with van der Waals surface area (Å²) in [7, 11) is 3.45. The van der Waals surface area contributed by atoms with Crippen LogP contribution < -0.4 is 10.6 Å². The number of nitrogens with zero attached hydrogens (tertiary/aromatic N) is 3. The molecule has 0 unspecified atom stereocenters. The Morgan fingerprint density at radius 1 is 1.25 bits per heavy atom. The Labute approximate surface area is 142 Å². The van der Waals surface area contributed by atoms with Crippen molar-refractivity contribution in [3.63, 3.8) is 0 Å². The van der Waals surface area contributed by atoms with Gasteiger partial charge in [-0.2, -0.15) is 0 Å². The smallest absolute Gasteiger partial charge is 0.314 e. The number of hydrogen-bond acceptors (Lipinski definition) is 3. The van der Waals surface area contributed by atoms with E-state index in [1.807, 2.05) is 24.5 Å². The van der Waals surface area contributed by atoms with Gasteiger partial charge < -0.3 is 20.1 Å². The molecular weight excluding hydrogens is 306 g/mol. The summed E-state index contributed by atoms with van der Waals surface area (Å²) < 4.78 is 1.96. The van der Waals surface area contributed by atoms with Crippen molar-refractivity contribution in [2.24, 2.45) is 5.92 Å². The van der Waals surface area contributed by atoms with Crippen LogP contribution in [0.4, 0.5) is 4.79 Å². The van der Waals surface area contributed by atoms with E-state index in [4.69, 9.17) is 0 Å². The van der Waals surface area contributed by atoms with E-state index in [1.54, 1.807) is 32.6 Å². The van der Waals surface area contributed by atoms with E-state index in [0.29, 0.717) is 31.1 Å². The van der Waals surface area contributed by atoms with Crippen LogP contribution in [-0.2, 0) is 6.54 Å². The first kappa shape index (κ1) is 17.8. The van der Waals surface area contributed by atoms with Crippen molar-refractivity contribution in [3.05, 3.63) is 30.1 Å². The molecule has 0 aliphatic carbocycles. The number of rotatable bonds is 6. The zero-order valence-electron chi connectivity index (χ0n) is 14.7. The molecule has 1 aromatic carbocycles. The van der Waals surface area contributed by atoms with Crippen molar-refractivity contribution < 1.29 is 9.59 Å². The maximum Gasteiger partial charge on any atom is 0.314 e. The zero-order chi connectivity index (χ0) is 17.7. The molecule has 2 rings (SSSR count). The van der Waals surface area contributed by atoms with Crippen LogP contribution in [-0.4, -0.2) is 53.6 Å². The third kappa shape index (κ3) is 4.47. The number of carbonyl (C=O) groups is 2. The molecule has 130 valence electrons. The van der Waals surface area contributed by atoms with Crippen LogP contribution in [0.15, 0.2) is 24.5 Å². The van der Waals surface area contributed by atoms with Crippen molar-refractivity contribution in [3.8, 4) is 0 Å². The molecule has 1 heterocycles. The molecule has 24 heavy (non-hydrogen) atoms. The summed E-state index contributed by atoms with van der Waals surface area (Å²) >= 11 is 0. The van der Waals surface area contributed by atoms with E-state index in [9.17, 15) is 9.59 Å². The van der Waals surface area contributed by atoms with Crippen LogP contribution in [0.5, 0.6) is 0 Å². The largest absolute Gasteiger partial charge is 0.345 e. The number of hydrogen-bond donors (Lipinski definition) is 2. The lowest BCUT2D eigenvalue weighted by molar-refractivity contribution is 0.0827. The van der Waals surface area contributed by atoms with Crippen molar-refractivity contribution >= 4 is 23.0 Å². The lowest BCUT2D eigenvalue weighted by atomic mass is 10.2. The van der Waals surface area contributed by atoms with Crippen molar-refractivity contribution in [1.29, 1.82) is 0 Å². The van der Waals surface area contributed by atoms with E-state index in [-0.39, 0.29) is 11.9 Å². The number of carbonyl (C=O) groups excluding carboxylic acids is 2. The molecule has 0 saturated carbocycles. The van der Waals surface area contributed by atoms with Crippen molar-refractivity contribution in [2.75, 3.05) is 27.2 Å². The number of urea groups is 1. The van der Waals surface area contributed by atoms with Gasteiger partial charge in [0.1, 0.15) is 0 Å². The fraction of sp³-hybridized carbons (Fsp3) is 0.471. The average molecular weight is 331 g/mol. The first-order chi connectivity index (χ1) is 11.4. The van der Waals surface area contributed by atoms with E-state index >= 15 is 0 Å². The maximum absolute atomic E-state index is 12.0. The zero-order valence-corrected chi connectivity index (χ0v) is 14.7. The molecule has 1 aromatic heterocycles. The van der Waals surface area contributed by atoms with Crippen LogP contribution in [0.3, 0.4) is 0 Å².